The molecule has 6 N–H and O–H groups in total. The summed E-state index contributed by atoms with van der Waals surface area (Å²) in [5.41, 5.74) is 4.94. The summed E-state index contributed by atoms with van der Waals surface area (Å²) < 4.78 is 21.6. The third kappa shape index (κ3) is 3.90. The predicted octanol–water partition coefficient (Wildman–Crippen LogP) is -1.92. The van der Waals surface area contributed by atoms with Crippen LogP contribution in [0.25, 0.3) is 0 Å². The van der Waals surface area contributed by atoms with E-state index in [1.54, 1.807) is 0 Å². The first-order valence-electron chi connectivity index (χ1n) is 6.23. The van der Waals surface area contributed by atoms with E-state index in [-0.39, 0.29) is 17.9 Å². The molecule has 1 aromatic rings. The molecule has 12 heteroatoms. The zero-order chi connectivity index (χ0) is 16.5. The number of anilines is 1. The Hall–Kier alpha value is -1.33. The molecule has 0 bridgehead atoms. The van der Waals surface area contributed by atoms with E-state index in [1.165, 1.54) is 10.8 Å². The summed E-state index contributed by atoms with van der Waals surface area (Å²) in [6, 6.07) is 0. The van der Waals surface area contributed by atoms with Crippen molar-refractivity contribution in [1.82, 2.24) is 9.55 Å². The minimum Gasteiger partial charge on any atom is -0.391 e. The van der Waals surface area contributed by atoms with Crippen LogP contribution in [0.4, 0.5) is 5.95 Å². The molecule has 0 aromatic carbocycles. The third-order valence-corrected chi connectivity index (χ3v) is 3.63. The van der Waals surface area contributed by atoms with Crippen LogP contribution in [0.3, 0.4) is 0 Å². The summed E-state index contributed by atoms with van der Waals surface area (Å²) in [5.74, 6) is -0.170. The molecule has 22 heavy (non-hydrogen) atoms. The van der Waals surface area contributed by atoms with Gasteiger partial charge < -0.3 is 30.5 Å². The van der Waals surface area contributed by atoms with Crippen LogP contribution in [0.5, 0.6) is 0 Å². The minimum atomic E-state index is -4.67. The summed E-state index contributed by atoms with van der Waals surface area (Å²) in [6.45, 7) is -1.05. The number of aliphatic hydroxyl groups is 2. The number of phosphoric ester groups is 1. The maximum atomic E-state index is 11.4. The quantitative estimate of drug-likeness (QED) is 0.380. The molecule has 0 radical (unpaired) electrons. The van der Waals surface area contributed by atoms with Gasteiger partial charge in [0, 0.05) is 12.6 Å². The van der Waals surface area contributed by atoms with Crippen LogP contribution in [-0.4, -0.2) is 48.4 Å². The molecule has 1 saturated heterocycles. The lowest BCUT2D eigenvalue weighted by Gasteiger charge is -2.18. The van der Waals surface area contributed by atoms with Crippen molar-refractivity contribution in [3.8, 4) is 0 Å². The lowest BCUT2D eigenvalue weighted by atomic mass is 10.2. The fraction of sp³-hybridized carbons (Fsp3) is 0.600. The molecule has 1 aliphatic heterocycles. The lowest BCUT2D eigenvalue weighted by molar-refractivity contribution is -0.0433. The number of aliphatic hydroxyl groups excluding tert-OH is 2. The Morgan fingerprint density at radius 3 is 2.82 bits per heavy atom. The van der Waals surface area contributed by atoms with Crippen molar-refractivity contribution < 1.29 is 33.8 Å². The van der Waals surface area contributed by atoms with Gasteiger partial charge in [0.15, 0.2) is 0 Å². The highest BCUT2D eigenvalue weighted by molar-refractivity contribution is 7.46. The van der Waals surface area contributed by atoms with Crippen molar-refractivity contribution in [2.45, 2.75) is 31.5 Å². The summed E-state index contributed by atoms with van der Waals surface area (Å²) in [4.78, 5) is 32.2. The smallest absolute Gasteiger partial charge is 0.391 e. The van der Waals surface area contributed by atoms with Gasteiger partial charge in [-0.15, -0.1) is 0 Å². The molecule has 0 spiro atoms. The highest BCUT2D eigenvalue weighted by Crippen LogP contribution is 2.38. The zero-order valence-electron chi connectivity index (χ0n) is 11.3. The van der Waals surface area contributed by atoms with E-state index in [1.807, 2.05) is 0 Å². The minimum absolute atomic E-state index is 0.00204. The summed E-state index contributed by atoms with van der Waals surface area (Å²) in [6.07, 6.45) is -1.52. The molecule has 11 nitrogen and oxygen atoms in total. The molecule has 2 heterocycles. The highest BCUT2D eigenvalue weighted by Gasteiger charge is 2.37. The van der Waals surface area contributed by atoms with E-state index < -0.39 is 45.0 Å². The Labute approximate surface area is 124 Å². The van der Waals surface area contributed by atoms with Crippen LogP contribution in [0.2, 0.25) is 0 Å². The molecule has 0 unspecified atom stereocenters. The van der Waals surface area contributed by atoms with E-state index in [9.17, 15) is 14.5 Å². The van der Waals surface area contributed by atoms with Crippen LogP contribution in [-0.2, 0) is 20.4 Å². The number of hydrogen-bond acceptors (Lipinski definition) is 8. The number of hydrogen-bond donors (Lipinski definition) is 5. The average Bonchev–Trinajstić information content (AvgIpc) is 2.77. The van der Waals surface area contributed by atoms with Crippen LogP contribution < -0.4 is 11.3 Å². The van der Waals surface area contributed by atoms with Crippen molar-refractivity contribution in [1.29, 1.82) is 0 Å². The van der Waals surface area contributed by atoms with Gasteiger partial charge in [0.05, 0.1) is 24.9 Å². The van der Waals surface area contributed by atoms with Gasteiger partial charge in [0.1, 0.15) is 12.3 Å². The highest BCUT2D eigenvalue weighted by atomic mass is 31.2. The van der Waals surface area contributed by atoms with Gasteiger partial charge in [0.25, 0.3) is 5.56 Å². The first-order chi connectivity index (χ1) is 10.2. The molecule has 0 amide bonds. The van der Waals surface area contributed by atoms with Crippen molar-refractivity contribution in [2.75, 3.05) is 12.3 Å². The van der Waals surface area contributed by atoms with Crippen LogP contribution in [0, 0.1) is 0 Å². The largest absolute Gasteiger partial charge is 0.469 e. The maximum absolute atomic E-state index is 11.4. The fourth-order valence-corrected chi connectivity index (χ4v) is 2.41. The Balaban J connectivity index is 2.15. The number of ether oxygens (including phenoxy) is 1. The summed E-state index contributed by atoms with van der Waals surface area (Å²) >= 11 is 0. The van der Waals surface area contributed by atoms with E-state index in [2.05, 4.69) is 9.51 Å². The topological polar surface area (TPSA) is 177 Å². The van der Waals surface area contributed by atoms with Crippen LogP contribution in [0.1, 0.15) is 18.2 Å². The molecule has 2 rings (SSSR count). The monoisotopic (exact) mass is 337 g/mol. The van der Waals surface area contributed by atoms with Gasteiger partial charge in [-0.2, -0.15) is 4.98 Å². The second kappa shape index (κ2) is 6.42. The van der Waals surface area contributed by atoms with Gasteiger partial charge in [-0.3, -0.25) is 13.9 Å². The molecular weight excluding hydrogens is 321 g/mol. The lowest BCUT2D eigenvalue weighted by Crippen LogP contribution is -2.26. The number of rotatable bonds is 5. The molecule has 0 aliphatic carbocycles. The van der Waals surface area contributed by atoms with Gasteiger partial charge in [-0.1, -0.05) is 0 Å². The van der Waals surface area contributed by atoms with E-state index >= 15 is 0 Å². The Morgan fingerprint density at radius 1 is 1.55 bits per heavy atom. The molecule has 1 aromatic heterocycles. The van der Waals surface area contributed by atoms with Crippen LogP contribution >= 0.6 is 7.82 Å². The third-order valence-electron chi connectivity index (χ3n) is 3.14. The molecule has 3 atom stereocenters. The molecule has 0 saturated carbocycles. The summed E-state index contributed by atoms with van der Waals surface area (Å²) in [5, 5.41) is 18.9. The van der Waals surface area contributed by atoms with E-state index in [0.717, 1.165) is 0 Å². The SMILES string of the molecule is Nc1nc(=O)c(CO)cn1[C@H]1C[C@H](O)[C@@H](COP(=O)(O)O)O1. The second-order valence-electron chi connectivity index (χ2n) is 4.71. The van der Waals surface area contributed by atoms with Gasteiger partial charge in [0.2, 0.25) is 5.95 Å². The van der Waals surface area contributed by atoms with E-state index in [0.29, 0.717) is 0 Å². The molecular formula is C10H16N3O8P. The van der Waals surface area contributed by atoms with Gasteiger partial charge >= 0.3 is 7.82 Å². The second-order valence-corrected chi connectivity index (χ2v) is 5.95. The normalized spacial score (nSPS) is 25.5. The molecule has 1 fully saturated rings. The van der Waals surface area contributed by atoms with Gasteiger partial charge in [-0.05, 0) is 0 Å². The number of phosphoric acid groups is 1. The van der Waals surface area contributed by atoms with Crippen molar-refractivity contribution >= 4 is 13.8 Å². The zero-order valence-corrected chi connectivity index (χ0v) is 12.2. The number of aromatic nitrogens is 2. The van der Waals surface area contributed by atoms with Crippen molar-refractivity contribution in [3.05, 3.63) is 22.1 Å². The van der Waals surface area contributed by atoms with Crippen LogP contribution in [0.15, 0.2) is 11.0 Å². The standard InChI is InChI=1S/C10H16N3O8P/c11-10-12-9(16)5(3-14)2-13(10)8-1-6(15)7(21-8)4-20-22(17,18)19/h2,6-8,14-15H,1,3-4H2,(H2,11,12,16)(H2,17,18,19)/t6-,7+,8+/m0/s1. The predicted molar refractivity (Wildman–Crippen MR) is 71.4 cm³/mol. The fourth-order valence-electron chi connectivity index (χ4n) is 2.07. The first-order valence-corrected chi connectivity index (χ1v) is 7.76. The van der Waals surface area contributed by atoms with Crippen molar-refractivity contribution in [3.63, 3.8) is 0 Å². The van der Waals surface area contributed by atoms with E-state index in [4.69, 9.17) is 25.4 Å². The Morgan fingerprint density at radius 2 is 2.23 bits per heavy atom. The molecule has 1 aliphatic rings. The molecule has 124 valence electrons. The Bertz CT molecular complexity index is 644. The average molecular weight is 337 g/mol. The number of nitrogens with two attached hydrogens (primary N) is 1. The number of nitrogens with zero attached hydrogens (tertiary/aromatic N) is 2. The van der Waals surface area contributed by atoms with Gasteiger partial charge in [-0.25, -0.2) is 4.57 Å². The Kier molecular flexibility index (Phi) is 4.97. The maximum Gasteiger partial charge on any atom is 0.469 e. The number of nitrogen functional groups attached to an aromatic ring is 1. The van der Waals surface area contributed by atoms with Crippen molar-refractivity contribution in [2.24, 2.45) is 0 Å². The first kappa shape index (κ1) is 17.0. The summed E-state index contributed by atoms with van der Waals surface area (Å²) in [7, 11) is -4.67.